The Kier molecular flexibility index (Phi) is 4.80. The van der Waals surface area contributed by atoms with Crippen molar-refractivity contribution < 1.29 is 12.8 Å². The summed E-state index contributed by atoms with van der Waals surface area (Å²) in [4.78, 5) is 0. The van der Waals surface area contributed by atoms with E-state index in [1.54, 1.807) is 6.07 Å². The first kappa shape index (κ1) is 16.5. The van der Waals surface area contributed by atoms with Gasteiger partial charge in [-0.05, 0) is 36.3 Å². The Balaban J connectivity index is 1.99. The number of hydrogen-bond donors (Lipinski definition) is 2. The zero-order valence-electron chi connectivity index (χ0n) is 13.1. The predicted octanol–water partition coefficient (Wildman–Crippen LogP) is 2.62. The highest BCUT2D eigenvalue weighted by atomic mass is 32.2. The van der Waals surface area contributed by atoms with Gasteiger partial charge in [0.15, 0.2) is 0 Å². The van der Waals surface area contributed by atoms with Crippen LogP contribution in [-0.2, 0) is 16.6 Å². The first-order valence-electron chi connectivity index (χ1n) is 7.53. The van der Waals surface area contributed by atoms with E-state index in [1.807, 2.05) is 0 Å². The second-order valence-corrected chi connectivity index (χ2v) is 8.50. The molecule has 1 aromatic rings. The maximum absolute atomic E-state index is 11.2. The summed E-state index contributed by atoms with van der Waals surface area (Å²) in [6.45, 7) is 7.38. The molecule has 1 aliphatic carbocycles. The number of nitrogens with one attached hydrogen (secondary N) is 1. The van der Waals surface area contributed by atoms with Crippen molar-refractivity contribution in [3.63, 3.8) is 0 Å². The van der Waals surface area contributed by atoms with Gasteiger partial charge in [0.1, 0.15) is 5.76 Å². The van der Waals surface area contributed by atoms with Gasteiger partial charge in [-0.2, -0.15) is 0 Å². The quantitative estimate of drug-likeness (QED) is 0.894. The van der Waals surface area contributed by atoms with Crippen LogP contribution in [0.2, 0.25) is 0 Å². The standard InChI is InChI=1S/C15H26N2O3S/c1-15(2,3)12-6-4-5-7-13(12)17-10-11-8-9-14(20-11)21(16,18)19/h8-9,12-13,17H,4-7,10H2,1-3H3,(H2,16,18,19). The van der Waals surface area contributed by atoms with Gasteiger partial charge in [-0.1, -0.05) is 33.6 Å². The third-order valence-corrected chi connectivity index (χ3v) is 5.11. The molecule has 1 fully saturated rings. The lowest BCUT2D eigenvalue weighted by Gasteiger charge is -2.40. The molecule has 1 aromatic heterocycles. The van der Waals surface area contributed by atoms with Gasteiger partial charge in [0.2, 0.25) is 5.09 Å². The monoisotopic (exact) mass is 314 g/mol. The molecule has 0 amide bonds. The number of hydrogen-bond acceptors (Lipinski definition) is 4. The Labute approximate surface area is 127 Å². The molecule has 2 unspecified atom stereocenters. The Morgan fingerprint density at radius 1 is 1.29 bits per heavy atom. The number of rotatable bonds is 4. The summed E-state index contributed by atoms with van der Waals surface area (Å²) in [5.41, 5.74) is 0.271. The van der Waals surface area contributed by atoms with Crippen molar-refractivity contribution in [2.24, 2.45) is 16.5 Å². The number of nitrogens with two attached hydrogens (primary N) is 1. The largest absolute Gasteiger partial charge is 0.447 e. The van der Waals surface area contributed by atoms with E-state index in [4.69, 9.17) is 9.56 Å². The highest BCUT2D eigenvalue weighted by Crippen LogP contribution is 2.38. The van der Waals surface area contributed by atoms with Gasteiger partial charge >= 0.3 is 0 Å². The van der Waals surface area contributed by atoms with Crippen LogP contribution >= 0.6 is 0 Å². The average molecular weight is 314 g/mol. The van der Waals surface area contributed by atoms with E-state index >= 15 is 0 Å². The molecule has 0 radical (unpaired) electrons. The minimum Gasteiger partial charge on any atom is -0.447 e. The molecule has 1 aliphatic rings. The summed E-state index contributed by atoms with van der Waals surface area (Å²) in [6, 6.07) is 3.53. The number of furan rings is 1. The normalized spacial score (nSPS) is 24.2. The molecule has 2 atom stereocenters. The molecule has 2 rings (SSSR count). The molecule has 1 saturated carbocycles. The Hall–Kier alpha value is -0.850. The zero-order chi connectivity index (χ0) is 15.7. The topological polar surface area (TPSA) is 85.3 Å². The van der Waals surface area contributed by atoms with E-state index in [2.05, 4.69) is 26.1 Å². The fourth-order valence-electron chi connectivity index (χ4n) is 3.25. The molecule has 0 bridgehead atoms. The average Bonchev–Trinajstić information content (AvgIpc) is 2.84. The second-order valence-electron chi connectivity index (χ2n) is 7.01. The van der Waals surface area contributed by atoms with Crippen molar-refractivity contribution in [3.8, 4) is 0 Å². The SMILES string of the molecule is CC(C)(C)C1CCCCC1NCc1ccc(S(N)(=O)=O)o1. The van der Waals surface area contributed by atoms with Crippen molar-refractivity contribution in [2.45, 2.75) is 64.1 Å². The van der Waals surface area contributed by atoms with Crippen LogP contribution in [0.1, 0.15) is 52.2 Å². The van der Waals surface area contributed by atoms with Gasteiger partial charge in [-0.3, -0.25) is 0 Å². The van der Waals surface area contributed by atoms with Gasteiger partial charge in [-0.25, -0.2) is 13.6 Å². The summed E-state index contributed by atoms with van der Waals surface area (Å²) in [5, 5.41) is 8.41. The molecule has 0 aliphatic heterocycles. The molecule has 3 N–H and O–H groups in total. The lowest BCUT2D eigenvalue weighted by atomic mass is 9.69. The van der Waals surface area contributed by atoms with Crippen molar-refractivity contribution in [1.29, 1.82) is 0 Å². The van der Waals surface area contributed by atoms with Crippen LogP contribution in [0.3, 0.4) is 0 Å². The summed E-state index contributed by atoms with van der Waals surface area (Å²) in [7, 11) is -3.75. The van der Waals surface area contributed by atoms with E-state index in [0.717, 1.165) is 6.42 Å². The van der Waals surface area contributed by atoms with Crippen molar-refractivity contribution in [2.75, 3.05) is 0 Å². The number of primary sulfonamides is 1. The molecule has 0 spiro atoms. The number of sulfonamides is 1. The summed E-state index contributed by atoms with van der Waals surface area (Å²) in [6.07, 6.45) is 4.92. The van der Waals surface area contributed by atoms with Crippen LogP contribution in [0.5, 0.6) is 0 Å². The molecule has 6 heteroatoms. The molecule has 0 saturated heterocycles. The molecular formula is C15H26N2O3S. The highest BCUT2D eigenvalue weighted by molar-refractivity contribution is 7.89. The van der Waals surface area contributed by atoms with E-state index in [-0.39, 0.29) is 10.5 Å². The molecule has 21 heavy (non-hydrogen) atoms. The first-order chi connectivity index (χ1) is 9.68. The third kappa shape index (κ3) is 4.31. The Morgan fingerprint density at radius 3 is 2.52 bits per heavy atom. The Bertz CT molecular complexity index is 572. The van der Waals surface area contributed by atoms with Crippen LogP contribution < -0.4 is 10.5 Å². The third-order valence-electron chi connectivity index (χ3n) is 4.33. The van der Waals surface area contributed by atoms with Crippen LogP contribution in [0.4, 0.5) is 0 Å². The smallest absolute Gasteiger partial charge is 0.271 e. The fraction of sp³-hybridized carbons (Fsp3) is 0.733. The summed E-state index contributed by atoms with van der Waals surface area (Å²) in [5.74, 6) is 1.23. The summed E-state index contributed by atoms with van der Waals surface area (Å²) >= 11 is 0. The predicted molar refractivity (Wildman–Crippen MR) is 82.1 cm³/mol. The summed E-state index contributed by atoms with van der Waals surface area (Å²) < 4.78 is 27.7. The Morgan fingerprint density at radius 2 is 1.95 bits per heavy atom. The minimum absolute atomic E-state index is 0.171. The lowest BCUT2D eigenvalue weighted by molar-refractivity contribution is 0.128. The second kappa shape index (κ2) is 6.10. The van der Waals surface area contributed by atoms with Gasteiger partial charge in [0, 0.05) is 6.04 Å². The lowest BCUT2D eigenvalue weighted by Crippen LogP contribution is -2.43. The maximum Gasteiger partial charge on any atom is 0.271 e. The molecule has 5 nitrogen and oxygen atoms in total. The molecule has 0 aromatic carbocycles. The van der Waals surface area contributed by atoms with Crippen molar-refractivity contribution >= 4 is 10.0 Å². The fourth-order valence-corrected chi connectivity index (χ4v) is 3.73. The first-order valence-corrected chi connectivity index (χ1v) is 9.07. The van der Waals surface area contributed by atoms with Gasteiger partial charge < -0.3 is 9.73 Å². The van der Waals surface area contributed by atoms with Crippen LogP contribution in [-0.4, -0.2) is 14.5 Å². The maximum atomic E-state index is 11.2. The van der Waals surface area contributed by atoms with E-state index in [0.29, 0.717) is 24.3 Å². The molecule has 1 heterocycles. The van der Waals surface area contributed by atoms with E-state index in [1.165, 1.54) is 25.3 Å². The highest BCUT2D eigenvalue weighted by Gasteiger charge is 2.33. The van der Waals surface area contributed by atoms with Crippen molar-refractivity contribution in [3.05, 3.63) is 17.9 Å². The molecular weight excluding hydrogens is 288 g/mol. The van der Waals surface area contributed by atoms with Gasteiger partial charge in [-0.15, -0.1) is 0 Å². The van der Waals surface area contributed by atoms with Crippen LogP contribution in [0, 0.1) is 11.3 Å². The van der Waals surface area contributed by atoms with Crippen LogP contribution in [0.25, 0.3) is 0 Å². The van der Waals surface area contributed by atoms with Gasteiger partial charge in [0.25, 0.3) is 10.0 Å². The van der Waals surface area contributed by atoms with Crippen LogP contribution in [0.15, 0.2) is 21.6 Å². The molecule has 120 valence electrons. The van der Waals surface area contributed by atoms with E-state index < -0.39 is 10.0 Å². The van der Waals surface area contributed by atoms with Gasteiger partial charge in [0.05, 0.1) is 6.54 Å². The van der Waals surface area contributed by atoms with Crippen molar-refractivity contribution in [1.82, 2.24) is 5.32 Å². The zero-order valence-corrected chi connectivity index (χ0v) is 13.9. The minimum atomic E-state index is -3.75. The van der Waals surface area contributed by atoms with E-state index in [9.17, 15) is 8.42 Å².